The van der Waals surface area contributed by atoms with Crippen LogP contribution in [-0.2, 0) is 24.5 Å². The summed E-state index contributed by atoms with van der Waals surface area (Å²) in [6, 6.07) is 9.72. The molecule has 0 atom stereocenters. The van der Waals surface area contributed by atoms with Gasteiger partial charge in [0.2, 0.25) is 0 Å². The van der Waals surface area contributed by atoms with Gasteiger partial charge in [0, 0.05) is 17.7 Å². The first kappa shape index (κ1) is 21.8. The topological polar surface area (TPSA) is 65.0 Å². The second-order valence-electron chi connectivity index (χ2n) is 8.33. The lowest BCUT2D eigenvalue weighted by molar-refractivity contribution is 0.133. The summed E-state index contributed by atoms with van der Waals surface area (Å²) in [5.41, 5.74) is 5.46. The van der Waals surface area contributed by atoms with Crippen LogP contribution >= 0.6 is 11.6 Å². The number of aryl methyl sites for hydroxylation is 2. The lowest BCUT2D eigenvalue weighted by atomic mass is 10.1. The predicted octanol–water partition coefficient (Wildman–Crippen LogP) is 5.71. The van der Waals surface area contributed by atoms with Gasteiger partial charge in [0.15, 0.2) is 5.65 Å². The number of ether oxygens (including phenoxy) is 2. The molecule has 0 spiro atoms. The average Bonchev–Trinajstić information content (AvgIpc) is 3.50. The van der Waals surface area contributed by atoms with E-state index in [9.17, 15) is 0 Å². The van der Waals surface area contributed by atoms with Crippen molar-refractivity contribution in [1.29, 1.82) is 0 Å². The van der Waals surface area contributed by atoms with Crippen LogP contribution in [0.2, 0.25) is 5.02 Å². The Morgan fingerprint density at radius 1 is 1.18 bits per heavy atom. The number of methoxy groups -OCH3 is 1. The number of anilines is 1. The maximum atomic E-state index is 6.66. The van der Waals surface area contributed by atoms with E-state index in [1.807, 2.05) is 48.7 Å². The third-order valence-electron chi connectivity index (χ3n) is 5.96. The van der Waals surface area contributed by atoms with E-state index in [0.29, 0.717) is 30.5 Å². The number of nitrogens with zero attached hydrogens (tertiary/aromatic N) is 4. The Morgan fingerprint density at radius 3 is 2.73 bits per heavy atom. The minimum Gasteiger partial charge on any atom is -0.497 e. The van der Waals surface area contributed by atoms with Gasteiger partial charge in [-0.2, -0.15) is 9.61 Å². The number of hydrogen-bond acceptors (Lipinski definition) is 6. The molecule has 0 N–H and O–H groups in total. The van der Waals surface area contributed by atoms with Crippen LogP contribution in [0.25, 0.3) is 16.8 Å². The van der Waals surface area contributed by atoms with Gasteiger partial charge in [0.1, 0.15) is 23.1 Å². The minimum absolute atomic E-state index is 0.485. The lowest BCUT2D eigenvalue weighted by Crippen LogP contribution is -2.27. The van der Waals surface area contributed by atoms with Gasteiger partial charge in [-0.25, -0.2) is 4.98 Å². The molecule has 1 aliphatic heterocycles. The molecule has 3 aromatic heterocycles. The predicted molar refractivity (Wildman–Crippen MR) is 128 cm³/mol. The van der Waals surface area contributed by atoms with Crippen molar-refractivity contribution in [2.75, 3.05) is 18.6 Å². The number of hydrogen-bond donors (Lipinski definition) is 0. The van der Waals surface area contributed by atoms with Crippen molar-refractivity contribution in [3.8, 4) is 16.9 Å². The third-order valence-corrected chi connectivity index (χ3v) is 6.28. The minimum atomic E-state index is 0.485. The van der Waals surface area contributed by atoms with Crippen molar-refractivity contribution in [3.63, 3.8) is 0 Å². The Balaban J connectivity index is 1.71. The smallest absolute Gasteiger partial charge is 0.165 e. The summed E-state index contributed by atoms with van der Waals surface area (Å²) in [5.74, 6) is 3.54. The first-order valence-corrected chi connectivity index (χ1v) is 11.5. The fourth-order valence-electron chi connectivity index (χ4n) is 4.49. The first-order chi connectivity index (χ1) is 16.0. The number of aromatic nitrogens is 3. The molecule has 0 saturated carbocycles. The SMILES string of the molecule is CCCN(Cc1ccc(C)o1)c1c2c(nc3c(-c4ccc(OC)cc4Cl)c(C)nn13)COC2. The summed E-state index contributed by atoms with van der Waals surface area (Å²) in [4.78, 5) is 7.30. The molecule has 0 bridgehead atoms. The fraction of sp³-hybridized carbons (Fsp3) is 0.360. The molecule has 0 unspecified atom stereocenters. The molecule has 0 fully saturated rings. The van der Waals surface area contributed by atoms with Crippen LogP contribution in [0.5, 0.6) is 5.75 Å². The molecule has 0 radical (unpaired) electrons. The summed E-state index contributed by atoms with van der Waals surface area (Å²) < 4.78 is 19.0. The maximum Gasteiger partial charge on any atom is 0.165 e. The van der Waals surface area contributed by atoms with Crippen molar-refractivity contribution in [1.82, 2.24) is 14.6 Å². The Hall–Kier alpha value is -3.03. The van der Waals surface area contributed by atoms with Gasteiger partial charge in [0.05, 0.1) is 48.8 Å². The summed E-state index contributed by atoms with van der Waals surface area (Å²) in [7, 11) is 1.63. The van der Waals surface area contributed by atoms with Crippen LogP contribution in [0.3, 0.4) is 0 Å². The molecular formula is C25H27ClN4O3. The molecule has 0 aliphatic carbocycles. The number of fused-ring (bicyclic) bond motifs is 2. The zero-order valence-electron chi connectivity index (χ0n) is 19.3. The van der Waals surface area contributed by atoms with Crippen LogP contribution in [-0.4, -0.2) is 28.3 Å². The second-order valence-corrected chi connectivity index (χ2v) is 8.74. The summed E-state index contributed by atoms with van der Waals surface area (Å²) in [6.45, 7) is 8.63. The van der Waals surface area contributed by atoms with Crippen molar-refractivity contribution in [3.05, 3.63) is 63.8 Å². The number of halogens is 1. The van der Waals surface area contributed by atoms with E-state index < -0.39 is 0 Å². The van der Waals surface area contributed by atoms with Crippen LogP contribution in [0.4, 0.5) is 5.82 Å². The highest BCUT2D eigenvalue weighted by molar-refractivity contribution is 6.33. The second kappa shape index (κ2) is 8.72. The molecule has 33 heavy (non-hydrogen) atoms. The molecule has 8 heteroatoms. The van der Waals surface area contributed by atoms with Gasteiger partial charge >= 0.3 is 0 Å². The van der Waals surface area contributed by atoms with Crippen LogP contribution in [0.15, 0.2) is 34.7 Å². The first-order valence-electron chi connectivity index (χ1n) is 11.1. The van der Waals surface area contributed by atoms with E-state index in [-0.39, 0.29) is 0 Å². The molecule has 4 heterocycles. The molecule has 1 aromatic carbocycles. The summed E-state index contributed by atoms with van der Waals surface area (Å²) in [6.07, 6.45) is 0.983. The number of furan rings is 1. The number of benzene rings is 1. The van der Waals surface area contributed by atoms with Crippen LogP contribution in [0.1, 0.15) is 41.8 Å². The standard InChI is InChI=1S/C25H27ClN4O3/c1-5-10-29(12-18-7-6-15(2)33-18)25-20-13-32-14-22(20)27-24-23(16(3)28-30(24)25)19-9-8-17(31-4)11-21(19)26/h6-9,11H,5,10,12-14H2,1-4H3. The van der Waals surface area contributed by atoms with E-state index in [0.717, 1.165) is 64.0 Å². The Morgan fingerprint density at radius 2 is 2.03 bits per heavy atom. The Kier molecular flexibility index (Phi) is 5.76. The average molecular weight is 467 g/mol. The van der Waals surface area contributed by atoms with Crippen LogP contribution in [0, 0.1) is 13.8 Å². The largest absolute Gasteiger partial charge is 0.497 e. The van der Waals surface area contributed by atoms with Gasteiger partial charge in [-0.3, -0.25) is 0 Å². The van der Waals surface area contributed by atoms with Crippen molar-refractivity contribution in [2.45, 2.75) is 47.0 Å². The maximum absolute atomic E-state index is 6.66. The monoisotopic (exact) mass is 466 g/mol. The Labute approximate surface area is 197 Å². The van der Waals surface area contributed by atoms with E-state index >= 15 is 0 Å². The van der Waals surface area contributed by atoms with E-state index in [1.165, 1.54) is 0 Å². The zero-order chi connectivity index (χ0) is 23.1. The molecule has 0 saturated heterocycles. The lowest BCUT2D eigenvalue weighted by Gasteiger charge is -2.26. The van der Waals surface area contributed by atoms with E-state index in [2.05, 4.69) is 11.8 Å². The quantitative estimate of drug-likeness (QED) is 0.347. The van der Waals surface area contributed by atoms with Crippen molar-refractivity contribution in [2.24, 2.45) is 0 Å². The van der Waals surface area contributed by atoms with Gasteiger partial charge in [-0.15, -0.1) is 0 Å². The highest BCUT2D eigenvalue weighted by Gasteiger charge is 2.28. The van der Waals surface area contributed by atoms with Gasteiger partial charge in [-0.1, -0.05) is 18.5 Å². The molecule has 172 valence electrons. The normalized spacial score (nSPS) is 13.0. The van der Waals surface area contributed by atoms with Crippen LogP contribution < -0.4 is 9.64 Å². The highest BCUT2D eigenvalue weighted by Crippen LogP contribution is 2.39. The zero-order valence-corrected chi connectivity index (χ0v) is 20.1. The molecule has 0 amide bonds. The molecule has 5 rings (SSSR count). The fourth-order valence-corrected chi connectivity index (χ4v) is 4.75. The molecule has 4 aromatic rings. The Bertz CT molecular complexity index is 1330. The molecular weight excluding hydrogens is 440 g/mol. The third kappa shape index (κ3) is 3.85. The molecule has 1 aliphatic rings. The summed E-state index contributed by atoms with van der Waals surface area (Å²) >= 11 is 6.66. The summed E-state index contributed by atoms with van der Waals surface area (Å²) in [5, 5.41) is 5.54. The van der Waals surface area contributed by atoms with Gasteiger partial charge in [-0.05, 0) is 50.6 Å². The highest BCUT2D eigenvalue weighted by atomic mass is 35.5. The van der Waals surface area contributed by atoms with E-state index in [1.54, 1.807) is 7.11 Å². The van der Waals surface area contributed by atoms with Crippen molar-refractivity contribution >= 4 is 23.1 Å². The number of rotatable bonds is 7. The van der Waals surface area contributed by atoms with E-state index in [4.69, 9.17) is 35.6 Å². The van der Waals surface area contributed by atoms with Gasteiger partial charge < -0.3 is 18.8 Å². The molecule has 7 nitrogen and oxygen atoms in total. The van der Waals surface area contributed by atoms with Crippen molar-refractivity contribution < 1.29 is 13.9 Å². The van der Waals surface area contributed by atoms with Gasteiger partial charge in [0.25, 0.3) is 0 Å².